The van der Waals surface area contributed by atoms with E-state index >= 15 is 0 Å². The van der Waals surface area contributed by atoms with E-state index in [1.54, 1.807) is 11.3 Å². The second-order valence-electron chi connectivity index (χ2n) is 7.59. The van der Waals surface area contributed by atoms with Gasteiger partial charge < -0.3 is 16.0 Å². The molecule has 1 heterocycles. The maximum atomic E-state index is 12.2. The number of aryl methyl sites for hydroxylation is 1. The van der Waals surface area contributed by atoms with Gasteiger partial charge in [0.1, 0.15) is 0 Å². The molecule has 3 N–H and O–H groups in total. The molecular formula is C22H27N3O3S. The van der Waals surface area contributed by atoms with E-state index in [4.69, 9.17) is 0 Å². The van der Waals surface area contributed by atoms with Crippen LogP contribution in [0.25, 0.3) is 0 Å². The highest BCUT2D eigenvalue weighted by Crippen LogP contribution is 2.42. The summed E-state index contributed by atoms with van der Waals surface area (Å²) in [6, 6.07) is 11.8. The Kier molecular flexibility index (Phi) is 7.04. The molecule has 0 spiro atoms. The highest BCUT2D eigenvalue weighted by Gasteiger charge is 2.36. The molecular weight excluding hydrogens is 386 g/mol. The van der Waals surface area contributed by atoms with Gasteiger partial charge in [-0.3, -0.25) is 14.4 Å². The van der Waals surface area contributed by atoms with Crippen LogP contribution in [0.4, 0.5) is 0 Å². The first-order valence-electron chi connectivity index (χ1n) is 9.91. The molecule has 0 radical (unpaired) electrons. The van der Waals surface area contributed by atoms with Crippen molar-refractivity contribution in [2.45, 2.75) is 44.6 Å². The molecule has 7 heteroatoms. The number of carbonyl (C=O) groups excluding carboxylic acids is 3. The lowest BCUT2D eigenvalue weighted by Gasteiger charge is -2.28. The van der Waals surface area contributed by atoms with Gasteiger partial charge in [-0.15, -0.1) is 11.3 Å². The molecule has 0 atom stereocenters. The number of hydrogen-bond acceptors (Lipinski definition) is 4. The molecule has 1 aromatic carbocycles. The Hall–Kier alpha value is -2.67. The van der Waals surface area contributed by atoms with Crippen molar-refractivity contribution in [1.29, 1.82) is 0 Å². The molecule has 6 nitrogen and oxygen atoms in total. The van der Waals surface area contributed by atoms with Gasteiger partial charge in [-0.25, -0.2) is 0 Å². The molecule has 1 aromatic heterocycles. The first kappa shape index (κ1) is 21.0. The SMILES string of the molecule is Cc1ccc(CNC(=O)C(=O)NCC(=O)NCC2(c3cccs3)CCCC2)cc1. The quantitative estimate of drug-likeness (QED) is 0.609. The molecule has 1 fully saturated rings. The van der Waals surface area contributed by atoms with Gasteiger partial charge in [0.25, 0.3) is 0 Å². The van der Waals surface area contributed by atoms with Crippen molar-refractivity contribution in [1.82, 2.24) is 16.0 Å². The molecule has 0 unspecified atom stereocenters. The van der Waals surface area contributed by atoms with Gasteiger partial charge in [-0.05, 0) is 36.8 Å². The van der Waals surface area contributed by atoms with Crippen LogP contribution in [0.2, 0.25) is 0 Å². The standard InChI is InChI=1S/C22H27N3O3S/c1-16-6-8-17(9-7-16)13-23-20(27)21(28)24-14-19(26)25-15-22(10-2-3-11-22)18-5-4-12-29-18/h4-9,12H,2-3,10-11,13-15H2,1H3,(H,23,27)(H,24,28)(H,25,26). The van der Waals surface area contributed by atoms with Crippen molar-refractivity contribution in [2.75, 3.05) is 13.1 Å². The van der Waals surface area contributed by atoms with Crippen LogP contribution in [0, 0.1) is 6.92 Å². The van der Waals surface area contributed by atoms with Crippen LogP contribution >= 0.6 is 11.3 Å². The Bertz CT molecular complexity index is 841. The molecule has 2 aromatic rings. The number of benzene rings is 1. The van der Waals surface area contributed by atoms with E-state index in [-0.39, 0.29) is 24.4 Å². The van der Waals surface area contributed by atoms with Crippen molar-refractivity contribution in [3.05, 3.63) is 57.8 Å². The number of rotatable bonds is 7. The van der Waals surface area contributed by atoms with E-state index < -0.39 is 11.8 Å². The molecule has 3 rings (SSSR count). The Balaban J connectivity index is 1.41. The minimum absolute atomic E-state index is 0.000746. The van der Waals surface area contributed by atoms with Crippen molar-refractivity contribution in [3.63, 3.8) is 0 Å². The fraction of sp³-hybridized carbons (Fsp3) is 0.409. The molecule has 3 amide bonds. The maximum absolute atomic E-state index is 12.2. The van der Waals surface area contributed by atoms with Crippen molar-refractivity contribution in [2.24, 2.45) is 0 Å². The highest BCUT2D eigenvalue weighted by atomic mass is 32.1. The number of amides is 3. The van der Waals surface area contributed by atoms with Gasteiger partial charge in [0.15, 0.2) is 0 Å². The third-order valence-electron chi connectivity index (χ3n) is 5.42. The third kappa shape index (κ3) is 5.67. The summed E-state index contributed by atoms with van der Waals surface area (Å²) in [5.41, 5.74) is 2.03. The number of nitrogens with one attached hydrogen (secondary N) is 3. The van der Waals surface area contributed by atoms with E-state index in [1.165, 1.54) is 4.88 Å². The van der Waals surface area contributed by atoms with E-state index in [0.29, 0.717) is 6.54 Å². The Morgan fingerprint density at radius 1 is 0.966 bits per heavy atom. The number of carbonyl (C=O) groups is 3. The molecule has 154 valence electrons. The van der Waals surface area contributed by atoms with Gasteiger partial charge in [0, 0.05) is 23.4 Å². The summed E-state index contributed by atoms with van der Waals surface area (Å²) in [4.78, 5) is 37.3. The normalized spacial score (nSPS) is 14.9. The molecule has 0 bridgehead atoms. The number of thiophene rings is 1. The summed E-state index contributed by atoms with van der Waals surface area (Å²) in [5.74, 6) is -1.84. The lowest BCUT2D eigenvalue weighted by Crippen LogP contribution is -2.46. The Labute approximate surface area is 175 Å². The minimum Gasteiger partial charge on any atom is -0.354 e. The van der Waals surface area contributed by atoms with Gasteiger partial charge >= 0.3 is 11.8 Å². The largest absolute Gasteiger partial charge is 0.354 e. The molecule has 1 aliphatic carbocycles. The minimum atomic E-state index is -0.805. The van der Waals surface area contributed by atoms with Crippen LogP contribution in [0.1, 0.15) is 41.7 Å². The van der Waals surface area contributed by atoms with E-state index in [1.807, 2.05) is 37.3 Å². The molecule has 1 aliphatic rings. The lowest BCUT2D eigenvalue weighted by molar-refractivity contribution is -0.139. The summed E-state index contributed by atoms with van der Waals surface area (Å²) in [7, 11) is 0. The van der Waals surface area contributed by atoms with E-state index in [2.05, 4.69) is 27.4 Å². The average Bonchev–Trinajstić information content (AvgIpc) is 3.42. The van der Waals surface area contributed by atoms with Gasteiger partial charge in [0.2, 0.25) is 5.91 Å². The van der Waals surface area contributed by atoms with Crippen LogP contribution < -0.4 is 16.0 Å². The first-order chi connectivity index (χ1) is 14.0. The van der Waals surface area contributed by atoms with E-state index in [9.17, 15) is 14.4 Å². The van der Waals surface area contributed by atoms with Crippen LogP contribution in [0.3, 0.4) is 0 Å². The zero-order chi connectivity index (χ0) is 20.7. The fourth-order valence-corrected chi connectivity index (χ4v) is 4.67. The Morgan fingerprint density at radius 3 is 2.31 bits per heavy atom. The smallest absolute Gasteiger partial charge is 0.309 e. The summed E-state index contributed by atoms with van der Waals surface area (Å²) in [5, 5.41) is 9.95. The number of hydrogen-bond donors (Lipinski definition) is 3. The predicted molar refractivity (Wildman–Crippen MR) is 114 cm³/mol. The predicted octanol–water partition coefficient (Wildman–Crippen LogP) is 2.42. The van der Waals surface area contributed by atoms with Crippen LogP contribution in [0.5, 0.6) is 0 Å². The van der Waals surface area contributed by atoms with Crippen molar-refractivity contribution < 1.29 is 14.4 Å². The monoisotopic (exact) mass is 413 g/mol. The molecule has 1 saturated carbocycles. The highest BCUT2D eigenvalue weighted by molar-refractivity contribution is 7.10. The van der Waals surface area contributed by atoms with Crippen molar-refractivity contribution in [3.8, 4) is 0 Å². The van der Waals surface area contributed by atoms with Gasteiger partial charge in [-0.2, -0.15) is 0 Å². The third-order valence-corrected chi connectivity index (χ3v) is 6.53. The van der Waals surface area contributed by atoms with Crippen LogP contribution in [-0.4, -0.2) is 30.8 Å². The average molecular weight is 414 g/mol. The first-order valence-corrected chi connectivity index (χ1v) is 10.8. The topological polar surface area (TPSA) is 87.3 Å². The summed E-state index contributed by atoms with van der Waals surface area (Å²) < 4.78 is 0. The molecule has 0 aliphatic heterocycles. The van der Waals surface area contributed by atoms with Crippen LogP contribution in [0.15, 0.2) is 41.8 Å². The van der Waals surface area contributed by atoms with Crippen LogP contribution in [-0.2, 0) is 26.3 Å². The summed E-state index contributed by atoms with van der Waals surface area (Å²) in [6.45, 7) is 2.59. The lowest BCUT2D eigenvalue weighted by atomic mass is 9.84. The van der Waals surface area contributed by atoms with Crippen molar-refractivity contribution >= 4 is 29.1 Å². The summed E-state index contributed by atoms with van der Waals surface area (Å²) in [6.07, 6.45) is 4.43. The summed E-state index contributed by atoms with van der Waals surface area (Å²) >= 11 is 1.72. The zero-order valence-corrected chi connectivity index (χ0v) is 17.4. The molecule has 0 saturated heterocycles. The fourth-order valence-electron chi connectivity index (χ4n) is 3.68. The molecule has 29 heavy (non-hydrogen) atoms. The van der Waals surface area contributed by atoms with Gasteiger partial charge in [-0.1, -0.05) is 48.7 Å². The van der Waals surface area contributed by atoms with Gasteiger partial charge in [0.05, 0.1) is 6.54 Å². The maximum Gasteiger partial charge on any atom is 0.309 e. The second kappa shape index (κ2) is 9.69. The Morgan fingerprint density at radius 2 is 1.66 bits per heavy atom. The van der Waals surface area contributed by atoms with E-state index in [0.717, 1.165) is 36.8 Å². The second-order valence-corrected chi connectivity index (χ2v) is 8.54. The zero-order valence-electron chi connectivity index (χ0n) is 16.6.